The van der Waals surface area contributed by atoms with Gasteiger partial charge in [0.1, 0.15) is 0 Å². The van der Waals surface area contributed by atoms with E-state index < -0.39 is 0 Å². The molecule has 0 spiro atoms. The Kier molecular flexibility index (Phi) is 2.42. The van der Waals surface area contributed by atoms with Crippen molar-refractivity contribution in [3.05, 3.63) is 5.32 Å². The SMILES string of the molecule is CC1(C)CC[N-]CCS1. The van der Waals surface area contributed by atoms with Crippen molar-refractivity contribution in [2.75, 3.05) is 18.8 Å². The number of nitrogens with zero attached hydrogens (tertiary/aromatic N) is 1. The third-order valence-electron chi connectivity index (χ3n) is 1.61. The molecule has 1 saturated heterocycles. The van der Waals surface area contributed by atoms with Crippen LogP contribution in [0.3, 0.4) is 0 Å². The lowest BCUT2D eigenvalue weighted by Crippen LogP contribution is -2.14. The van der Waals surface area contributed by atoms with Crippen LogP contribution in [0.4, 0.5) is 0 Å². The monoisotopic (exact) mass is 144 g/mol. The van der Waals surface area contributed by atoms with Crippen LogP contribution in [0.2, 0.25) is 0 Å². The molecule has 54 valence electrons. The Labute approximate surface area is 61.6 Å². The van der Waals surface area contributed by atoms with Gasteiger partial charge in [-0.05, 0) is 5.75 Å². The fourth-order valence-corrected chi connectivity index (χ4v) is 1.93. The van der Waals surface area contributed by atoms with E-state index in [1.165, 1.54) is 12.2 Å². The lowest BCUT2D eigenvalue weighted by atomic mass is 10.1. The summed E-state index contributed by atoms with van der Waals surface area (Å²) in [6.45, 7) is 6.74. The summed E-state index contributed by atoms with van der Waals surface area (Å²) in [6, 6.07) is 0. The first-order valence-electron chi connectivity index (χ1n) is 3.48. The van der Waals surface area contributed by atoms with E-state index in [1.54, 1.807) is 0 Å². The molecule has 0 aliphatic carbocycles. The first kappa shape index (κ1) is 7.42. The van der Waals surface area contributed by atoms with Crippen LogP contribution < -0.4 is 0 Å². The van der Waals surface area contributed by atoms with Crippen LogP contribution in [0.1, 0.15) is 20.3 Å². The van der Waals surface area contributed by atoms with Gasteiger partial charge in [0.15, 0.2) is 0 Å². The molecule has 0 aromatic heterocycles. The molecular formula is C7H14NS-. The van der Waals surface area contributed by atoms with Crippen LogP contribution in [0, 0.1) is 0 Å². The third-order valence-corrected chi connectivity index (χ3v) is 2.99. The summed E-state index contributed by atoms with van der Waals surface area (Å²) >= 11 is 2.05. The minimum absolute atomic E-state index is 0.486. The highest BCUT2D eigenvalue weighted by atomic mass is 32.2. The molecule has 0 aromatic carbocycles. The summed E-state index contributed by atoms with van der Waals surface area (Å²) < 4.78 is 0.486. The van der Waals surface area contributed by atoms with E-state index in [0.717, 1.165) is 13.1 Å². The Bertz CT molecular complexity index is 80.9. The number of thioether (sulfide) groups is 1. The van der Waals surface area contributed by atoms with Crippen molar-refractivity contribution in [1.82, 2.24) is 0 Å². The summed E-state index contributed by atoms with van der Waals surface area (Å²) in [4.78, 5) is 0. The molecule has 0 saturated carbocycles. The molecule has 0 unspecified atom stereocenters. The van der Waals surface area contributed by atoms with Gasteiger partial charge in [-0.1, -0.05) is 20.3 Å². The fraction of sp³-hybridized carbons (Fsp3) is 1.00. The lowest BCUT2D eigenvalue weighted by Gasteiger charge is -2.22. The second-order valence-corrected chi connectivity index (χ2v) is 4.83. The Morgan fingerprint density at radius 2 is 2.11 bits per heavy atom. The molecule has 1 aliphatic rings. The Balaban J connectivity index is 2.36. The zero-order chi connectivity index (χ0) is 6.74. The van der Waals surface area contributed by atoms with Gasteiger partial charge >= 0.3 is 0 Å². The van der Waals surface area contributed by atoms with E-state index in [0.29, 0.717) is 4.75 Å². The topological polar surface area (TPSA) is 14.1 Å². The van der Waals surface area contributed by atoms with E-state index in [1.807, 2.05) is 11.8 Å². The molecule has 0 N–H and O–H groups in total. The Morgan fingerprint density at radius 1 is 1.33 bits per heavy atom. The zero-order valence-corrected chi connectivity index (χ0v) is 7.00. The van der Waals surface area contributed by atoms with Gasteiger partial charge in [0.2, 0.25) is 0 Å². The molecule has 1 heterocycles. The van der Waals surface area contributed by atoms with Gasteiger partial charge in [-0.15, -0.1) is 13.1 Å². The molecule has 1 nitrogen and oxygen atoms in total. The second kappa shape index (κ2) is 2.93. The minimum atomic E-state index is 0.486. The largest absolute Gasteiger partial charge is 0.662 e. The van der Waals surface area contributed by atoms with Gasteiger partial charge < -0.3 is 5.32 Å². The summed E-state index contributed by atoms with van der Waals surface area (Å²) in [5, 5.41) is 4.35. The highest BCUT2D eigenvalue weighted by Crippen LogP contribution is 2.30. The molecule has 0 atom stereocenters. The van der Waals surface area contributed by atoms with E-state index in [9.17, 15) is 0 Å². The predicted octanol–water partition coefficient (Wildman–Crippen LogP) is 2.28. The molecule has 1 fully saturated rings. The van der Waals surface area contributed by atoms with Gasteiger partial charge in [0, 0.05) is 4.75 Å². The average molecular weight is 144 g/mol. The van der Waals surface area contributed by atoms with Crippen molar-refractivity contribution in [2.24, 2.45) is 0 Å². The Morgan fingerprint density at radius 3 is 2.89 bits per heavy atom. The second-order valence-electron chi connectivity index (χ2n) is 3.03. The molecule has 0 aromatic rings. The molecule has 0 radical (unpaired) electrons. The van der Waals surface area contributed by atoms with Crippen LogP contribution in [0.15, 0.2) is 0 Å². The summed E-state index contributed by atoms with van der Waals surface area (Å²) in [5.74, 6) is 1.22. The van der Waals surface area contributed by atoms with E-state index >= 15 is 0 Å². The normalized spacial score (nSPS) is 27.3. The van der Waals surface area contributed by atoms with Crippen LogP contribution >= 0.6 is 11.8 Å². The summed E-state index contributed by atoms with van der Waals surface area (Å²) in [5.41, 5.74) is 0. The van der Waals surface area contributed by atoms with Crippen LogP contribution in [0.5, 0.6) is 0 Å². The number of rotatable bonds is 0. The van der Waals surface area contributed by atoms with Crippen molar-refractivity contribution >= 4 is 11.8 Å². The predicted molar refractivity (Wildman–Crippen MR) is 44.2 cm³/mol. The molecular weight excluding hydrogens is 130 g/mol. The van der Waals surface area contributed by atoms with Crippen molar-refractivity contribution in [3.63, 3.8) is 0 Å². The molecule has 1 aliphatic heterocycles. The van der Waals surface area contributed by atoms with E-state index in [-0.39, 0.29) is 0 Å². The number of hydrogen-bond donors (Lipinski definition) is 0. The fourth-order valence-electron chi connectivity index (χ4n) is 0.919. The molecule has 1 rings (SSSR count). The summed E-state index contributed by atoms with van der Waals surface area (Å²) in [7, 11) is 0. The minimum Gasteiger partial charge on any atom is -0.662 e. The van der Waals surface area contributed by atoms with Gasteiger partial charge in [0.25, 0.3) is 0 Å². The van der Waals surface area contributed by atoms with Gasteiger partial charge in [-0.3, -0.25) is 0 Å². The standard InChI is InChI=1S/C7H14NS/c1-7(2)3-4-8-5-6-9-7/h3-6H2,1-2H3/q-1. The average Bonchev–Trinajstić information content (AvgIpc) is 1.92. The van der Waals surface area contributed by atoms with Crippen molar-refractivity contribution in [2.45, 2.75) is 25.0 Å². The molecule has 9 heavy (non-hydrogen) atoms. The lowest BCUT2D eigenvalue weighted by molar-refractivity contribution is 0.673. The van der Waals surface area contributed by atoms with Gasteiger partial charge in [-0.25, -0.2) is 0 Å². The van der Waals surface area contributed by atoms with Gasteiger partial charge in [-0.2, -0.15) is 11.8 Å². The van der Waals surface area contributed by atoms with Crippen molar-refractivity contribution in [1.29, 1.82) is 0 Å². The zero-order valence-electron chi connectivity index (χ0n) is 6.18. The third kappa shape index (κ3) is 2.59. The summed E-state index contributed by atoms with van der Waals surface area (Å²) in [6.07, 6.45) is 1.25. The van der Waals surface area contributed by atoms with Crippen molar-refractivity contribution in [3.8, 4) is 0 Å². The Hall–Kier alpha value is 0.310. The van der Waals surface area contributed by atoms with Gasteiger partial charge in [0.05, 0.1) is 0 Å². The van der Waals surface area contributed by atoms with Crippen molar-refractivity contribution < 1.29 is 0 Å². The molecule has 2 heteroatoms. The van der Waals surface area contributed by atoms with Crippen LogP contribution in [-0.4, -0.2) is 23.6 Å². The van der Waals surface area contributed by atoms with E-state index in [2.05, 4.69) is 19.2 Å². The first-order chi connectivity index (χ1) is 4.21. The first-order valence-corrected chi connectivity index (χ1v) is 4.46. The highest BCUT2D eigenvalue weighted by Gasteiger charge is 2.15. The highest BCUT2D eigenvalue weighted by molar-refractivity contribution is 8.00. The maximum atomic E-state index is 4.35. The maximum absolute atomic E-state index is 4.35. The number of hydrogen-bond acceptors (Lipinski definition) is 1. The van der Waals surface area contributed by atoms with E-state index in [4.69, 9.17) is 0 Å². The smallest absolute Gasteiger partial charge is 0.00863 e. The van der Waals surface area contributed by atoms with Crippen LogP contribution in [-0.2, 0) is 0 Å². The maximum Gasteiger partial charge on any atom is 0.00863 e. The van der Waals surface area contributed by atoms with Crippen LogP contribution in [0.25, 0.3) is 5.32 Å². The molecule has 0 bridgehead atoms. The quantitative estimate of drug-likeness (QED) is 0.508. The molecule has 0 amide bonds.